The molecule has 0 radical (unpaired) electrons. The first-order chi connectivity index (χ1) is 9.16. The predicted molar refractivity (Wildman–Crippen MR) is 76.4 cm³/mol. The topological polar surface area (TPSA) is 54.4 Å². The molecule has 4 heteroatoms. The highest BCUT2D eigenvalue weighted by molar-refractivity contribution is 5.84. The third-order valence-corrected chi connectivity index (χ3v) is 2.80. The summed E-state index contributed by atoms with van der Waals surface area (Å²) >= 11 is 0. The molecule has 0 aliphatic rings. The summed E-state index contributed by atoms with van der Waals surface area (Å²) in [5.41, 5.74) is 0.898. The van der Waals surface area contributed by atoms with Crippen molar-refractivity contribution in [2.45, 2.75) is 26.0 Å². The highest BCUT2D eigenvalue weighted by Gasteiger charge is 2.08. The van der Waals surface area contributed by atoms with E-state index in [0.29, 0.717) is 12.6 Å². The van der Waals surface area contributed by atoms with Crippen LogP contribution in [-0.4, -0.2) is 35.4 Å². The molecule has 0 unspecified atom stereocenters. The number of hydrogen-bond acceptors (Lipinski definition) is 4. The zero-order valence-corrected chi connectivity index (χ0v) is 11.3. The Morgan fingerprint density at radius 1 is 1.26 bits per heavy atom. The van der Waals surface area contributed by atoms with Gasteiger partial charge in [-0.25, -0.2) is 0 Å². The molecule has 0 saturated carbocycles. The Morgan fingerprint density at radius 2 is 2.11 bits per heavy atom. The Labute approximate surface area is 113 Å². The van der Waals surface area contributed by atoms with E-state index in [9.17, 15) is 5.11 Å². The maximum absolute atomic E-state index is 9.83. The maximum Gasteiger partial charge on any atom is 0.128 e. The van der Waals surface area contributed by atoms with E-state index in [4.69, 9.17) is 4.74 Å². The van der Waals surface area contributed by atoms with Gasteiger partial charge in [0.25, 0.3) is 0 Å². The summed E-state index contributed by atoms with van der Waals surface area (Å²) in [6.07, 6.45) is 1.24. The van der Waals surface area contributed by atoms with Crippen LogP contribution in [0.4, 0.5) is 0 Å². The van der Waals surface area contributed by atoms with Crippen LogP contribution in [0.3, 0.4) is 0 Å². The summed E-state index contributed by atoms with van der Waals surface area (Å²) in [6.45, 7) is 4.89. The SMILES string of the molecule is CC(C)NC[C@@H](O)COc1cccc2ncccc12. The van der Waals surface area contributed by atoms with E-state index in [2.05, 4.69) is 10.3 Å². The molecule has 2 N–H and O–H groups in total. The molecule has 0 saturated heterocycles. The molecule has 4 nitrogen and oxygen atoms in total. The predicted octanol–water partition coefficient (Wildman–Crippen LogP) is 1.97. The fourth-order valence-electron chi connectivity index (χ4n) is 1.82. The largest absolute Gasteiger partial charge is 0.490 e. The number of rotatable bonds is 6. The molecule has 1 atom stereocenters. The van der Waals surface area contributed by atoms with E-state index < -0.39 is 6.10 Å². The number of aliphatic hydroxyl groups excluding tert-OH is 1. The van der Waals surface area contributed by atoms with Gasteiger partial charge in [0.15, 0.2) is 0 Å². The van der Waals surface area contributed by atoms with Crippen molar-refractivity contribution in [2.24, 2.45) is 0 Å². The lowest BCUT2D eigenvalue weighted by Crippen LogP contribution is -2.35. The lowest BCUT2D eigenvalue weighted by Gasteiger charge is -2.15. The van der Waals surface area contributed by atoms with Crippen LogP contribution in [0.15, 0.2) is 36.5 Å². The highest BCUT2D eigenvalue weighted by Crippen LogP contribution is 2.23. The molecule has 0 spiro atoms. The molecule has 19 heavy (non-hydrogen) atoms. The average Bonchev–Trinajstić information content (AvgIpc) is 2.42. The standard InChI is InChI=1S/C15H20N2O2/c1-11(2)17-9-12(18)10-19-15-7-3-6-14-13(15)5-4-8-16-14/h3-8,11-12,17-18H,9-10H2,1-2H3/t12-/m1/s1. The molecule has 0 bridgehead atoms. The van der Waals surface area contributed by atoms with E-state index in [1.807, 2.05) is 44.2 Å². The number of aliphatic hydroxyl groups is 1. The Balaban J connectivity index is 1.98. The number of nitrogens with zero attached hydrogens (tertiary/aromatic N) is 1. The third kappa shape index (κ3) is 3.91. The van der Waals surface area contributed by atoms with Crippen molar-refractivity contribution in [1.29, 1.82) is 0 Å². The molecule has 0 fully saturated rings. The highest BCUT2D eigenvalue weighted by atomic mass is 16.5. The van der Waals surface area contributed by atoms with Crippen LogP contribution in [0.25, 0.3) is 10.9 Å². The number of hydrogen-bond donors (Lipinski definition) is 2. The fourth-order valence-corrected chi connectivity index (χ4v) is 1.82. The number of pyridine rings is 1. The number of fused-ring (bicyclic) bond motifs is 1. The lowest BCUT2D eigenvalue weighted by atomic mass is 10.2. The second-order valence-corrected chi connectivity index (χ2v) is 4.85. The van der Waals surface area contributed by atoms with Crippen LogP contribution < -0.4 is 10.1 Å². The van der Waals surface area contributed by atoms with Gasteiger partial charge in [0.05, 0.1) is 5.52 Å². The fraction of sp³-hybridized carbons (Fsp3) is 0.400. The third-order valence-electron chi connectivity index (χ3n) is 2.80. The Hall–Kier alpha value is -1.65. The monoisotopic (exact) mass is 260 g/mol. The molecule has 0 aliphatic heterocycles. The van der Waals surface area contributed by atoms with E-state index in [1.165, 1.54) is 0 Å². The van der Waals surface area contributed by atoms with Gasteiger partial charge in [0.1, 0.15) is 18.5 Å². The van der Waals surface area contributed by atoms with Crippen molar-refractivity contribution in [3.05, 3.63) is 36.5 Å². The van der Waals surface area contributed by atoms with Gasteiger partial charge in [-0.1, -0.05) is 19.9 Å². The normalized spacial score (nSPS) is 12.8. The summed E-state index contributed by atoms with van der Waals surface area (Å²) in [5.74, 6) is 0.759. The van der Waals surface area contributed by atoms with Crippen molar-refractivity contribution in [1.82, 2.24) is 10.3 Å². The first-order valence-corrected chi connectivity index (χ1v) is 6.55. The van der Waals surface area contributed by atoms with E-state index in [0.717, 1.165) is 16.7 Å². The summed E-state index contributed by atoms with van der Waals surface area (Å²) in [5, 5.41) is 14.0. The smallest absolute Gasteiger partial charge is 0.128 e. The van der Waals surface area contributed by atoms with Gasteiger partial charge < -0.3 is 15.2 Å². The summed E-state index contributed by atoms with van der Waals surface area (Å²) in [7, 11) is 0. The first-order valence-electron chi connectivity index (χ1n) is 6.55. The van der Waals surface area contributed by atoms with E-state index in [-0.39, 0.29) is 6.61 Å². The molecule has 102 valence electrons. The zero-order chi connectivity index (χ0) is 13.7. The van der Waals surface area contributed by atoms with Crippen LogP contribution in [0, 0.1) is 0 Å². The van der Waals surface area contributed by atoms with E-state index >= 15 is 0 Å². The van der Waals surface area contributed by atoms with Gasteiger partial charge in [-0.15, -0.1) is 0 Å². The van der Waals surface area contributed by atoms with Gasteiger partial charge in [-0.3, -0.25) is 4.98 Å². The Morgan fingerprint density at radius 3 is 2.89 bits per heavy atom. The van der Waals surface area contributed by atoms with Crippen LogP contribution >= 0.6 is 0 Å². The van der Waals surface area contributed by atoms with Gasteiger partial charge in [0.2, 0.25) is 0 Å². The molecule has 1 aromatic heterocycles. The quantitative estimate of drug-likeness (QED) is 0.834. The molecule has 1 aromatic carbocycles. The number of ether oxygens (including phenoxy) is 1. The van der Waals surface area contributed by atoms with Gasteiger partial charge in [0, 0.05) is 24.2 Å². The number of nitrogens with one attached hydrogen (secondary N) is 1. The first kappa shape index (κ1) is 13.8. The van der Waals surface area contributed by atoms with Gasteiger partial charge >= 0.3 is 0 Å². The molecule has 2 aromatic rings. The number of benzene rings is 1. The van der Waals surface area contributed by atoms with Crippen molar-refractivity contribution in [3.63, 3.8) is 0 Å². The summed E-state index contributed by atoms with van der Waals surface area (Å²) in [6, 6.07) is 9.95. The summed E-state index contributed by atoms with van der Waals surface area (Å²) in [4.78, 5) is 4.27. The zero-order valence-electron chi connectivity index (χ0n) is 11.3. The van der Waals surface area contributed by atoms with Crippen LogP contribution in [-0.2, 0) is 0 Å². The van der Waals surface area contributed by atoms with Gasteiger partial charge in [-0.05, 0) is 24.3 Å². The minimum Gasteiger partial charge on any atom is -0.490 e. The second-order valence-electron chi connectivity index (χ2n) is 4.85. The maximum atomic E-state index is 9.83. The average molecular weight is 260 g/mol. The molecular formula is C15H20N2O2. The molecule has 2 rings (SSSR count). The number of aromatic nitrogens is 1. The van der Waals surface area contributed by atoms with Crippen molar-refractivity contribution < 1.29 is 9.84 Å². The van der Waals surface area contributed by atoms with Crippen LogP contribution in [0.5, 0.6) is 5.75 Å². The van der Waals surface area contributed by atoms with E-state index in [1.54, 1.807) is 6.20 Å². The molecule has 0 aliphatic carbocycles. The minimum absolute atomic E-state index is 0.272. The lowest BCUT2D eigenvalue weighted by molar-refractivity contribution is 0.105. The van der Waals surface area contributed by atoms with Crippen molar-refractivity contribution in [3.8, 4) is 5.75 Å². The summed E-state index contributed by atoms with van der Waals surface area (Å²) < 4.78 is 5.68. The van der Waals surface area contributed by atoms with Crippen LogP contribution in [0.2, 0.25) is 0 Å². The molecule has 1 heterocycles. The Bertz CT molecular complexity index is 523. The second kappa shape index (κ2) is 6.50. The van der Waals surface area contributed by atoms with Crippen molar-refractivity contribution >= 4 is 10.9 Å². The van der Waals surface area contributed by atoms with Gasteiger partial charge in [-0.2, -0.15) is 0 Å². The minimum atomic E-state index is -0.519. The Kier molecular flexibility index (Phi) is 4.71. The van der Waals surface area contributed by atoms with Crippen molar-refractivity contribution in [2.75, 3.05) is 13.2 Å². The van der Waals surface area contributed by atoms with Crippen LogP contribution in [0.1, 0.15) is 13.8 Å². The molecular weight excluding hydrogens is 240 g/mol. The molecule has 0 amide bonds.